The van der Waals surface area contributed by atoms with Gasteiger partial charge in [0.2, 0.25) is 0 Å². The van der Waals surface area contributed by atoms with E-state index in [1.807, 2.05) is 61.5 Å². The third-order valence-electron chi connectivity index (χ3n) is 6.29. The van der Waals surface area contributed by atoms with Gasteiger partial charge in [0.05, 0.1) is 23.5 Å². The normalized spacial score (nSPS) is 13.9. The number of hydrogen-bond acceptors (Lipinski definition) is 6. The third kappa shape index (κ3) is 4.29. The first kappa shape index (κ1) is 21.9. The highest BCUT2D eigenvalue weighted by atomic mass is 16.3. The van der Waals surface area contributed by atoms with Crippen LogP contribution in [-0.2, 0) is 0 Å². The predicted molar refractivity (Wildman–Crippen MR) is 134 cm³/mol. The van der Waals surface area contributed by atoms with Crippen molar-refractivity contribution >= 4 is 5.91 Å². The molecule has 1 aliphatic carbocycles. The molecule has 1 atom stereocenters. The second-order valence-corrected chi connectivity index (χ2v) is 8.88. The van der Waals surface area contributed by atoms with E-state index in [4.69, 9.17) is 4.42 Å². The molecule has 0 radical (unpaired) electrons. The lowest BCUT2D eigenvalue weighted by Gasteiger charge is -2.20. The molecule has 1 unspecified atom stereocenters. The van der Waals surface area contributed by atoms with Gasteiger partial charge in [-0.15, -0.1) is 0 Å². The van der Waals surface area contributed by atoms with Crippen molar-refractivity contribution in [2.45, 2.75) is 31.7 Å². The lowest BCUT2D eigenvalue weighted by Crippen LogP contribution is -2.30. The van der Waals surface area contributed by atoms with Gasteiger partial charge in [-0.3, -0.25) is 9.78 Å². The molecule has 1 saturated carbocycles. The van der Waals surface area contributed by atoms with Crippen LogP contribution in [0.15, 0.2) is 89.9 Å². The predicted octanol–water partition coefficient (Wildman–Crippen LogP) is 5.02. The molecule has 0 saturated heterocycles. The number of hydrogen-bond donors (Lipinski definition) is 1. The van der Waals surface area contributed by atoms with Crippen LogP contribution < -0.4 is 5.32 Å². The van der Waals surface area contributed by atoms with Crippen LogP contribution in [0.3, 0.4) is 0 Å². The molecule has 1 amide bonds. The van der Waals surface area contributed by atoms with E-state index in [1.165, 1.54) is 0 Å². The lowest BCUT2D eigenvalue weighted by molar-refractivity contribution is 0.0942. The molecule has 1 aliphatic rings. The van der Waals surface area contributed by atoms with Crippen molar-refractivity contribution in [3.63, 3.8) is 0 Å². The molecular weight excluding hydrogens is 452 g/mol. The Labute approximate surface area is 208 Å². The Kier molecular flexibility index (Phi) is 5.61. The highest BCUT2D eigenvalue weighted by Gasteiger charge is 2.34. The summed E-state index contributed by atoms with van der Waals surface area (Å²) in [4.78, 5) is 26.9. The number of rotatable bonds is 7. The third-order valence-corrected chi connectivity index (χ3v) is 6.29. The summed E-state index contributed by atoms with van der Waals surface area (Å²) in [6, 6.07) is 19.0. The SMILES string of the molecule is Cc1ccc(-c2ccnc(-n3ncc(C(=O)NC(c4ccccc4)c4ccncc4)c3C3CC3)n2)o1. The van der Waals surface area contributed by atoms with E-state index in [1.54, 1.807) is 35.5 Å². The van der Waals surface area contributed by atoms with Crippen LogP contribution in [0.5, 0.6) is 0 Å². The van der Waals surface area contributed by atoms with E-state index in [2.05, 4.69) is 25.4 Å². The van der Waals surface area contributed by atoms with E-state index in [9.17, 15) is 4.79 Å². The molecule has 1 N–H and O–H groups in total. The zero-order valence-electron chi connectivity index (χ0n) is 19.7. The van der Waals surface area contributed by atoms with Crippen LogP contribution >= 0.6 is 0 Å². The molecule has 1 fully saturated rings. The van der Waals surface area contributed by atoms with Crippen molar-refractivity contribution in [3.05, 3.63) is 114 Å². The molecule has 5 aromatic rings. The highest BCUT2D eigenvalue weighted by Crippen LogP contribution is 2.42. The quantitative estimate of drug-likeness (QED) is 0.354. The van der Waals surface area contributed by atoms with Gasteiger partial charge in [-0.05, 0) is 61.2 Å². The number of amides is 1. The standard InChI is InChI=1S/C28H24N6O2/c1-18-7-10-24(36-18)23-13-16-30-28(32-23)34-26(21-8-9-21)22(17-31-34)27(35)33-25(19-5-3-2-4-6-19)20-11-14-29-15-12-20/h2-7,10-17,21,25H,8-9H2,1H3,(H,33,35). The molecule has 6 rings (SSSR count). The Balaban J connectivity index is 1.35. The zero-order valence-corrected chi connectivity index (χ0v) is 19.7. The molecule has 0 aliphatic heterocycles. The van der Waals surface area contributed by atoms with Gasteiger partial charge >= 0.3 is 0 Å². The van der Waals surface area contributed by atoms with E-state index in [0.717, 1.165) is 35.4 Å². The number of carbonyl (C=O) groups excluding carboxylic acids is 1. The Bertz CT molecular complexity index is 1470. The van der Waals surface area contributed by atoms with E-state index < -0.39 is 0 Å². The van der Waals surface area contributed by atoms with Gasteiger partial charge in [-0.1, -0.05) is 30.3 Å². The van der Waals surface area contributed by atoms with Crippen molar-refractivity contribution in [1.29, 1.82) is 0 Å². The summed E-state index contributed by atoms with van der Waals surface area (Å²) in [5.41, 5.74) is 3.98. The summed E-state index contributed by atoms with van der Waals surface area (Å²) in [6.45, 7) is 1.89. The van der Waals surface area contributed by atoms with Gasteiger partial charge in [0.15, 0.2) is 5.76 Å². The summed E-state index contributed by atoms with van der Waals surface area (Å²) in [5.74, 6) is 1.94. The summed E-state index contributed by atoms with van der Waals surface area (Å²) >= 11 is 0. The molecule has 4 aromatic heterocycles. The monoisotopic (exact) mass is 476 g/mol. The molecule has 1 aromatic carbocycles. The van der Waals surface area contributed by atoms with Crippen LogP contribution in [0, 0.1) is 6.92 Å². The molecule has 8 heteroatoms. The summed E-state index contributed by atoms with van der Waals surface area (Å²) in [5, 5.41) is 7.77. The van der Waals surface area contributed by atoms with E-state index in [-0.39, 0.29) is 17.9 Å². The Morgan fingerprint density at radius 2 is 1.78 bits per heavy atom. The molecule has 36 heavy (non-hydrogen) atoms. The fourth-order valence-electron chi connectivity index (χ4n) is 4.37. The number of aromatic nitrogens is 5. The molecule has 8 nitrogen and oxygen atoms in total. The van der Waals surface area contributed by atoms with Crippen molar-refractivity contribution in [2.75, 3.05) is 0 Å². The molecular formula is C28H24N6O2. The van der Waals surface area contributed by atoms with Gasteiger partial charge in [-0.25, -0.2) is 14.6 Å². The Morgan fingerprint density at radius 1 is 1.00 bits per heavy atom. The minimum Gasteiger partial charge on any atom is -0.460 e. The van der Waals surface area contributed by atoms with Gasteiger partial charge in [0.1, 0.15) is 11.5 Å². The van der Waals surface area contributed by atoms with Crippen LogP contribution in [0.2, 0.25) is 0 Å². The average molecular weight is 477 g/mol. The largest absolute Gasteiger partial charge is 0.460 e. The Morgan fingerprint density at radius 3 is 2.50 bits per heavy atom. The molecule has 178 valence electrons. The minimum atomic E-state index is -0.320. The number of nitrogens with one attached hydrogen (secondary N) is 1. The highest BCUT2D eigenvalue weighted by molar-refractivity contribution is 5.96. The van der Waals surface area contributed by atoms with Crippen molar-refractivity contribution in [2.24, 2.45) is 0 Å². The molecule has 0 spiro atoms. The maximum Gasteiger partial charge on any atom is 0.255 e. The molecule has 4 heterocycles. The summed E-state index contributed by atoms with van der Waals surface area (Å²) in [6.07, 6.45) is 8.75. The maximum absolute atomic E-state index is 13.7. The first-order chi connectivity index (χ1) is 17.7. The number of furan rings is 1. The van der Waals surface area contributed by atoms with Gasteiger partial charge in [-0.2, -0.15) is 5.10 Å². The van der Waals surface area contributed by atoms with Gasteiger partial charge < -0.3 is 9.73 Å². The maximum atomic E-state index is 13.7. The number of benzene rings is 1. The topological polar surface area (TPSA) is 98.7 Å². The van der Waals surface area contributed by atoms with E-state index >= 15 is 0 Å². The van der Waals surface area contributed by atoms with Crippen molar-refractivity contribution in [3.8, 4) is 17.4 Å². The number of carbonyl (C=O) groups is 1. The number of pyridine rings is 1. The Hall–Kier alpha value is -4.59. The van der Waals surface area contributed by atoms with Gasteiger partial charge in [0.25, 0.3) is 11.9 Å². The lowest BCUT2D eigenvalue weighted by atomic mass is 9.99. The van der Waals surface area contributed by atoms with Crippen LogP contribution in [0.1, 0.15) is 57.7 Å². The average Bonchev–Trinajstić information content (AvgIpc) is 3.51. The van der Waals surface area contributed by atoms with Crippen LogP contribution in [-0.4, -0.2) is 30.6 Å². The van der Waals surface area contributed by atoms with Crippen LogP contribution in [0.25, 0.3) is 17.4 Å². The fourth-order valence-corrected chi connectivity index (χ4v) is 4.37. The number of aryl methyl sites for hydroxylation is 1. The second kappa shape index (κ2) is 9.22. The fraction of sp³-hybridized carbons (Fsp3) is 0.179. The first-order valence-corrected chi connectivity index (χ1v) is 11.9. The minimum absolute atomic E-state index is 0.188. The van der Waals surface area contributed by atoms with Crippen molar-refractivity contribution in [1.82, 2.24) is 30.0 Å². The van der Waals surface area contributed by atoms with Gasteiger partial charge in [0, 0.05) is 24.5 Å². The summed E-state index contributed by atoms with van der Waals surface area (Å²) in [7, 11) is 0. The van der Waals surface area contributed by atoms with Crippen LogP contribution in [0.4, 0.5) is 0 Å². The smallest absolute Gasteiger partial charge is 0.255 e. The first-order valence-electron chi connectivity index (χ1n) is 11.9. The van der Waals surface area contributed by atoms with E-state index in [0.29, 0.717) is 23.0 Å². The summed E-state index contributed by atoms with van der Waals surface area (Å²) < 4.78 is 7.42. The molecule has 0 bridgehead atoms. The zero-order chi connectivity index (χ0) is 24.5. The second-order valence-electron chi connectivity index (χ2n) is 8.88. The number of nitrogens with zero attached hydrogens (tertiary/aromatic N) is 5. The van der Waals surface area contributed by atoms with Crippen molar-refractivity contribution < 1.29 is 9.21 Å².